The first-order valence-corrected chi connectivity index (χ1v) is 7.95. The van der Waals surface area contributed by atoms with Gasteiger partial charge in [-0.05, 0) is 12.5 Å². The number of ether oxygens (including phenoxy) is 1. The Balaban J connectivity index is 1.52. The Bertz CT molecular complexity index is 642. The summed E-state index contributed by atoms with van der Waals surface area (Å²) in [6.07, 6.45) is 1.50. The molecule has 1 aromatic carbocycles. The summed E-state index contributed by atoms with van der Waals surface area (Å²) in [6.45, 7) is 3.87. The number of benzene rings is 1. The normalized spacial score (nSPS) is 18.1. The predicted octanol–water partition coefficient (Wildman–Crippen LogP) is 1.84. The maximum atomic E-state index is 12.3. The van der Waals surface area contributed by atoms with E-state index in [2.05, 4.69) is 10.1 Å². The van der Waals surface area contributed by atoms with Crippen molar-refractivity contribution in [2.24, 2.45) is 0 Å². The van der Waals surface area contributed by atoms with Crippen LogP contribution in [-0.2, 0) is 22.4 Å². The van der Waals surface area contributed by atoms with E-state index in [1.165, 1.54) is 0 Å². The van der Waals surface area contributed by atoms with Gasteiger partial charge >= 0.3 is 0 Å². The van der Waals surface area contributed by atoms with E-state index >= 15 is 0 Å². The smallest absolute Gasteiger partial charge is 0.227 e. The molecule has 1 aliphatic rings. The van der Waals surface area contributed by atoms with E-state index in [1.54, 1.807) is 0 Å². The molecule has 0 saturated carbocycles. The van der Waals surface area contributed by atoms with Crippen molar-refractivity contribution in [3.05, 3.63) is 47.6 Å². The lowest BCUT2D eigenvalue weighted by Crippen LogP contribution is -2.47. The van der Waals surface area contributed by atoms with Crippen molar-refractivity contribution in [3.8, 4) is 0 Å². The van der Waals surface area contributed by atoms with Gasteiger partial charge < -0.3 is 14.2 Å². The van der Waals surface area contributed by atoms with E-state index in [1.807, 2.05) is 42.2 Å². The molecule has 1 aliphatic heterocycles. The highest BCUT2D eigenvalue weighted by Gasteiger charge is 2.23. The number of aryl methyl sites for hydroxylation is 1. The first-order valence-electron chi connectivity index (χ1n) is 7.95. The van der Waals surface area contributed by atoms with Crippen LogP contribution in [0, 0.1) is 0 Å². The highest BCUT2D eigenvalue weighted by molar-refractivity contribution is 5.76. The molecule has 0 aliphatic carbocycles. The van der Waals surface area contributed by atoms with Crippen molar-refractivity contribution in [2.75, 3.05) is 19.8 Å². The number of morpholine rings is 1. The molecule has 122 valence electrons. The van der Waals surface area contributed by atoms with Gasteiger partial charge in [-0.25, -0.2) is 0 Å². The summed E-state index contributed by atoms with van der Waals surface area (Å²) in [5.41, 5.74) is 1.14. The zero-order chi connectivity index (χ0) is 16.1. The fraction of sp³-hybridized carbons (Fsp3) is 0.471. The molecule has 1 unspecified atom stereocenters. The summed E-state index contributed by atoms with van der Waals surface area (Å²) >= 11 is 0. The van der Waals surface area contributed by atoms with Crippen LogP contribution in [0.15, 0.2) is 34.9 Å². The number of carbonyl (C=O) groups excluding carboxylic acids is 1. The molecule has 2 heterocycles. The van der Waals surface area contributed by atoms with Gasteiger partial charge in [0.15, 0.2) is 5.82 Å². The Kier molecular flexibility index (Phi) is 5.02. The molecule has 3 rings (SSSR count). The Morgan fingerprint density at radius 3 is 2.96 bits per heavy atom. The average Bonchev–Trinajstić information content (AvgIpc) is 3.01. The van der Waals surface area contributed by atoms with Gasteiger partial charge in [0.2, 0.25) is 11.8 Å². The zero-order valence-electron chi connectivity index (χ0n) is 13.3. The second kappa shape index (κ2) is 7.37. The van der Waals surface area contributed by atoms with Gasteiger partial charge in [-0.2, -0.15) is 4.98 Å². The highest BCUT2D eigenvalue weighted by atomic mass is 16.5. The molecule has 0 N–H and O–H groups in total. The number of amides is 1. The highest BCUT2D eigenvalue weighted by Crippen LogP contribution is 2.11. The number of nitrogens with zero attached hydrogens (tertiary/aromatic N) is 3. The Hall–Kier alpha value is -2.21. The minimum Gasteiger partial charge on any atom is -0.377 e. The number of rotatable bonds is 5. The lowest BCUT2D eigenvalue weighted by atomic mass is 10.1. The summed E-state index contributed by atoms with van der Waals surface area (Å²) in [6, 6.07) is 10.1. The van der Waals surface area contributed by atoms with Crippen molar-refractivity contribution in [1.82, 2.24) is 15.0 Å². The molecule has 2 aromatic rings. The van der Waals surface area contributed by atoms with E-state index in [9.17, 15) is 4.79 Å². The Morgan fingerprint density at radius 1 is 1.35 bits per heavy atom. The maximum absolute atomic E-state index is 12.3. The van der Waals surface area contributed by atoms with Gasteiger partial charge in [-0.1, -0.05) is 35.5 Å². The third kappa shape index (κ3) is 4.16. The fourth-order valence-electron chi connectivity index (χ4n) is 2.70. The summed E-state index contributed by atoms with van der Waals surface area (Å²) < 4.78 is 10.6. The summed E-state index contributed by atoms with van der Waals surface area (Å²) in [4.78, 5) is 18.5. The quantitative estimate of drug-likeness (QED) is 0.842. The monoisotopic (exact) mass is 315 g/mol. The molecule has 0 bridgehead atoms. The SMILES string of the molecule is CC1COCCN1C(=O)CCc1nc(Cc2ccccc2)no1. The van der Waals surface area contributed by atoms with Gasteiger partial charge in [0.1, 0.15) is 0 Å². The molecule has 23 heavy (non-hydrogen) atoms. The van der Waals surface area contributed by atoms with Crippen molar-refractivity contribution in [2.45, 2.75) is 32.2 Å². The van der Waals surface area contributed by atoms with E-state index in [4.69, 9.17) is 9.26 Å². The van der Waals surface area contributed by atoms with E-state index in [0.29, 0.717) is 50.7 Å². The van der Waals surface area contributed by atoms with Crippen LogP contribution in [0.25, 0.3) is 0 Å². The molecule has 0 radical (unpaired) electrons. The van der Waals surface area contributed by atoms with Gasteiger partial charge in [-0.3, -0.25) is 4.79 Å². The molecule has 1 saturated heterocycles. The number of hydrogen-bond acceptors (Lipinski definition) is 5. The lowest BCUT2D eigenvalue weighted by molar-refractivity contribution is -0.139. The summed E-state index contributed by atoms with van der Waals surface area (Å²) in [7, 11) is 0. The average molecular weight is 315 g/mol. The predicted molar refractivity (Wildman–Crippen MR) is 83.9 cm³/mol. The van der Waals surface area contributed by atoms with E-state index in [0.717, 1.165) is 5.56 Å². The molecule has 6 heteroatoms. The van der Waals surface area contributed by atoms with Gasteiger partial charge in [0.05, 0.1) is 19.3 Å². The van der Waals surface area contributed by atoms with E-state index in [-0.39, 0.29) is 11.9 Å². The zero-order valence-corrected chi connectivity index (χ0v) is 13.3. The van der Waals surface area contributed by atoms with Crippen molar-refractivity contribution < 1.29 is 14.1 Å². The fourth-order valence-corrected chi connectivity index (χ4v) is 2.70. The molecule has 1 aromatic heterocycles. The third-order valence-electron chi connectivity index (χ3n) is 3.96. The second-order valence-corrected chi connectivity index (χ2v) is 5.78. The first-order chi connectivity index (χ1) is 11.2. The summed E-state index contributed by atoms with van der Waals surface area (Å²) in [5.74, 6) is 1.28. The largest absolute Gasteiger partial charge is 0.377 e. The molecule has 1 fully saturated rings. The van der Waals surface area contributed by atoms with E-state index < -0.39 is 0 Å². The first kappa shape index (κ1) is 15.7. The molecule has 1 amide bonds. The van der Waals surface area contributed by atoms with Crippen LogP contribution in [0.4, 0.5) is 0 Å². The molecule has 0 spiro atoms. The van der Waals surface area contributed by atoms with Crippen LogP contribution in [0.3, 0.4) is 0 Å². The van der Waals surface area contributed by atoms with Crippen LogP contribution >= 0.6 is 0 Å². The number of carbonyl (C=O) groups is 1. The molecular formula is C17H21N3O3. The van der Waals surface area contributed by atoms with Crippen LogP contribution in [0.1, 0.15) is 30.6 Å². The molecule has 6 nitrogen and oxygen atoms in total. The van der Waals surface area contributed by atoms with Gasteiger partial charge in [-0.15, -0.1) is 0 Å². The third-order valence-corrected chi connectivity index (χ3v) is 3.96. The van der Waals surface area contributed by atoms with Gasteiger partial charge in [0.25, 0.3) is 0 Å². The van der Waals surface area contributed by atoms with Crippen LogP contribution < -0.4 is 0 Å². The minimum absolute atomic E-state index is 0.114. The van der Waals surface area contributed by atoms with Crippen molar-refractivity contribution in [1.29, 1.82) is 0 Å². The Labute approximate surface area is 135 Å². The standard InChI is InChI=1S/C17H21N3O3/c1-13-12-22-10-9-20(13)17(21)8-7-16-18-15(19-23-16)11-14-5-3-2-4-6-14/h2-6,13H,7-12H2,1H3. The Morgan fingerprint density at radius 2 is 2.17 bits per heavy atom. The lowest BCUT2D eigenvalue weighted by Gasteiger charge is -2.33. The number of hydrogen-bond donors (Lipinski definition) is 0. The van der Waals surface area contributed by atoms with Gasteiger partial charge in [0, 0.05) is 25.8 Å². The van der Waals surface area contributed by atoms with Crippen molar-refractivity contribution in [3.63, 3.8) is 0 Å². The minimum atomic E-state index is 0.114. The number of aromatic nitrogens is 2. The summed E-state index contributed by atoms with van der Waals surface area (Å²) in [5, 5.41) is 3.99. The van der Waals surface area contributed by atoms with Crippen LogP contribution in [0.5, 0.6) is 0 Å². The second-order valence-electron chi connectivity index (χ2n) is 5.78. The van der Waals surface area contributed by atoms with Crippen molar-refractivity contribution >= 4 is 5.91 Å². The molecular weight excluding hydrogens is 294 g/mol. The topological polar surface area (TPSA) is 68.5 Å². The van der Waals surface area contributed by atoms with Crippen LogP contribution in [0.2, 0.25) is 0 Å². The molecule has 1 atom stereocenters. The van der Waals surface area contributed by atoms with Crippen LogP contribution in [-0.4, -0.2) is 46.7 Å². The maximum Gasteiger partial charge on any atom is 0.227 e.